The lowest BCUT2D eigenvalue weighted by molar-refractivity contribution is -0.262. The summed E-state index contributed by atoms with van der Waals surface area (Å²) in [6, 6.07) is 0. The molecule has 0 unspecified atom stereocenters. The van der Waals surface area contributed by atoms with Gasteiger partial charge in [-0.05, 0) is 36.5 Å². The Labute approximate surface area is 152 Å². The number of ketones is 2. The van der Waals surface area contributed by atoms with Crippen molar-refractivity contribution in [1.29, 1.82) is 0 Å². The zero-order valence-electron chi connectivity index (χ0n) is 15.2. The number of carboxylic acids is 1. The van der Waals surface area contributed by atoms with Crippen molar-refractivity contribution in [3.05, 3.63) is 12.2 Å². The number of aliphatic carboxylic acids is 1. The van der Waals surface area contributed by atoms with Gasteiger partial charge < -0.3 is 14.9 Å². The summed E-state index contributed by atoms with van der Waals surface area (Å²) in [6.07, 6.45) is 0.409. The van der Waals surface area contributed by atoms with E-state index in [2.05, 4.69) is 6.58 Å². The van der Waals surface area contributed by atoms with Crippen LogP contribution in [0.1, 0.15) is 39.5 Å². The number of hydrogen-bond acceptors (Lipinski definition) is 5. The van der Waals surface area contributed by atoms with E-state index in [-0.39, 0.29) is 41.7 Å². The Bertz CT molecular complexity index is 709. The molecule has 0 amide bonds. The second-order valence-corrected chi connectivity index (χ2v) is 9.17. The van der Waals surface area contributed by atoms with Crippen LogP contribution >= 0.6 is 0 Å². The molecule has 2 aliphatic heterocycles. The van der Waals surface area contributed by atoms with Crippen LogP contribution in [-0.4, -0.2) is 46.6 Å². The summed E-state index contributed by atoms with van der Waals surface area (Å²) in [5, 5.41) is 20.2. The van der Waals surface area contributed by atoms with Crippen molar-refractivity contribution < 1.29 is 29.3 Å². The standard InChI is InChI=1S/C20H26O6/c1-9(18(24)25)10-4-5-12-11(6-10)15(22)16(23)17-19(2,3)14-7-13(21)20(12,17)8-26-14/h10-12,14,16-17,23H,1,4-8H2,2-3H3,(H,24,25)/t10-,11-,12-,14+,16-,17-,20-/m1/s1. The quantitative estimate of drug-likeness (QED) is 0.724. The average molecular weight is 362 g/mol. The van der Waals surface area contributed by atoms with E-state index in [1.807, 2.05) is 13.8 Å². The Morgan fingerprint density at radius 2 is 1.96 bits per heavy atom. The van der Waals surface area contributed by atoms with Gasteiger partial charge in [0.05, 0.1) is 18.1 Å². The number of fused-ring (bicyclic) bond motifs is 3. The molecule has 2 heterocycles. The lowest BCUT2D eigenvalue weighted by atomic mass is 9.40. The van der Waals surface area contributed by atoms with Crippen LogP contribution in [0, 0.1) is 34.5 Å². The minimum Gasteiger partial charge on any atom is -0.478 e. The normalized spacial score (nSPS) is 46.4. The third kappa shape index (κ3) is 2.03. The average Bonchev–Trinajstić information content (AvgIpc) is 2.59. The fourth-order valence-electron chi connectivity index (χ4n) is 6.55. The topological polar surface area (TPSA) is 101 Å². The highest BCUT2D eigenvalue weighted by molar-refractivity contribution is 5.95. The first-order valence-electron chi connectivity index (χ1n) is 9.41. The molecular formula is C20H26O6. The van der Waals surface area contributed by atoms with E-state index in [0.29, 0.717) is 25.7 Å². The summed E-state index contributed by atoms with van der Waals surface area (Å²) in [7, 11) is 0. The number of aliphatic hydroxyl groups excluding tert-OH is 1. The molecule has 2 bridgehead atoms. The molecule has 6 heteroatoms. The molecule has 0 aromatic heterocycles. The SMILES string of the molecule is C=C(C(=O)O)[C@@H]1CC[C@@H]2[C@@H](C1)C(=O)[C@@H](O)[C@@H]1C(C)(C)[C@@H]3CC(=O)[C@@]21CO3. The second kappa shape index (κ2) is 5.49. The predicted octanol–water partition coefficient (Wildman–Crippen LogP) is 1.60. The van der Waals surface area contributed by atoms with Crippen LogP contribution in [0.3, 0.4) is 0 Å². The van der Waals surface area contributed by atoms with Gasteiger partial charge in [0.1, 0.15) is 11.9 Å². The van der Waals surface area contributed by atoms with Gasteiger partial charge in [0.2, 0.25) is 0 Å². The van der Waals surface area contributed by atoms with Gasteiger partial charge >= 0.3 is 5.97 Å². The first kappa shape index (κ1) is 17.9. The number of carbonyl (C=O) groups excluding carboxylic acids is 2. The molecular weight excluding hydrogens is 336 g/mol. The monoisotopic (exact) mass is 362 g/mol. The molecule has 5 fully saturated rings. The zero-order valence-corrected chi connectivity index (χ0v) is 15.2. The van der Waals surface area contributed by atoms with Crippen LogP contribution in [0.4, 0.5) is 0 Å². The number of ether oxygens (including phenoxy) is 1. The van der Waals surface area contributed by atoms with E-state index in [4.69, 9.17) is 4.74 Å². The van der Waals surface area contributed by atoms with Gasteiger partial charge in [0.15, 0.2) is 5.78 Å². The molecule has 5 aliphatic rings. The third-order valence-corrected chi connectivity index (χ3v) is 7.85. The second-order valence-electron chi connectivity index (χ2n) is 9.17. The number of carboxylic acid groups (broad SMARTS) is 1. The first-order chi connectivity index (χ1) is 12.1. The van der Waals surface area contributed by atoms with Crippen molar-refractivity contribution in [3.8, 4) is 0 Å². The van der Waals surface area contributed by atoms with Crippen molar-refractivity contribution in [2.75, 3.05) is 6.61 Å². The number of carbonyl (C=O) groups is 3. The lowest BCUT2D eigenvalue weighted by Crippen LogP contribution is -2.74. The van der Waals surface area contributed by atoms with Gasteiger partial charge in [-0.3, -0.25) is 9.59 Å². The molecule has 142 valence electrons. The third-order valence-electron chi connectivity index (χ3n) is 7.85. The summed E-state index contributed by atoms with van der Waals surface area (Å²) >= 11 is 0. The van der Waals surface area contributed by atoms with Crippen molar-refractivity contribution >= 4 is 17.5 Å². The van der Waals surface area contributed by atoms with Crippen molar-refractivity contribution in [2.45, 2.75) is 51.7 Å². The van der Waals surface area contributed by atoms with Crippen LogP contribution < -0.4 is 0 Å². The number of hydrogen-bond donors (Lipinski definition) is 2. The highest BCUT2D eigenvalue weighted by Gasteiger charge is 2.72. The molecule has 5 rings (SSSR count). The van der Waals surface area contributed by atoms with Crippen molar-refractivity contribution in [1.82, 2.24) is 0 Å². The molecule has 2 N–H and O–H groups in total. The Morgan fingerprint density at radius 1 is 1.27 bits per heavy atom. The maximum Gasteiger partial charge on any atom is 0.331 e. The molecule has 2 saturated heterocycles. The molecule has 3 aliphatic carbocycles. The Hall–Kier alpha value is -1.53. The maximum absolute atomic E-state index is 13.1. The van der Waals surface area contributed by atoms with E-state index >= 15 is 0 Å². The minimum absolute atomic E-state index is 0.107. The van der Waals surface area contributed by atoms with Crippen molar-refractivity contribution in [2.24, 2.45) is 34.5 Å². The Morgan fingerprint density at radius 3 is 2.58 bits per heavy atom. The van der Waals surface area contributed by atoms with E-state index < -0.39 is 34.7 Å². The minimum atomic E-state index is -1.20. The van der Waals surface area contributed by atoms with Gasteiger partial charge in [-0.15, -0.1) is 0 Å². The van der Waals surface area contributed by atoms with E-state index in [1.54, 1.807) is 0 Å². The van der Waals surface area contributed by atoms with E-state index in [0.717, 1.165) is 0 Å². The van der Waals surface area contributed by atoms with E-state index in [9.17, 15) is 24.6 Å². The Balaban J connectivity index is 1.75. The number of rotatable bonds is 2. The van der Waals surface area contributed by atoms with Crippen molar-refractivity contribution in [3.63, 3.8) is 0 Å². The zero-order chi connectivity index (χ0) is 19.0. The fourth-order valence-corrected chi connectivity index (χ4v) is 6.55. The van der Waals surface area contributed by atoms with Crippen LogP contribution in [0.2, 0.25) is 0 Å². The van der Waals surface area contributed by atoms with Crippen LogP contribution in [0.15, 0.2) is 12.2 Å². The molecule has 0 radical (unpaired) electrons. The molecule has 0 aromatic carbocycles. The lowest BCUT2D eigenvalue weighted by Gasteiger charge is -2.66. The first-order valence-corrected chi connectivity index (χ1v) is 9.41. The largest absolute Gasteiger partial charge is 0.478 e. The van der Waals surface area contributed by atoms with Crippen LogP contribution in [0.25, 0.3) is 0 Å². The number of aliphatic hydroxyl groups is 1. The summed E-state index contributed by atoms with van der Waals surface area (Å²) in [5.41, 5.74) is -1.17. The summed E-state index contributed by atoms with van der Waals surface area (Å²) < 4.78 is 6.01. The smallest absolute Gasteiger partial charge is 0.331 e. The van der Waals surface area contributed by atoms with Gasteiger partial charge in [-0.2, -0.15) is 0 Å². The fraction of sp³-hybridized carbons (Fsp3) is 0.750. The molecule has 26 heavy (non-hydrogen) atoms. The van der Waals surface area contributed by atoms with Gasteiger partial charge in [-0.25, -0.2) is 4.79 Å². The van der Waals surface area contributed by atoms with Crippen LogP contribution in [-0.2, 0) is 19.1 Å². The van der Waals surface area contributed by atoms with E-state index in [1.165, 1.54) is 0 Å². The van der Waals surface area contributed by atoms with Gasteiger partial charge in [-0.1, -0.05) is 20.4 Å². The highest BCUT2D eigenvalue weighted by Crippen LogP contribution is 2.65. The molecule has 6 nitrogen and oxygen atoms in total. The highest BCUT2D eigenvalue weighted by atomic mass is 16.5. The number of Topliss-reactive ketones (excluding diaryl/α,β-unsaturated/α-hetero) is 2. The summed E-state index contributed by atoms with van der Waals surface area (Å²) in [4.78, 5) is 37.4. The summed E-state index contributed by atoms with van der Waals surface area (Å²) in [5.74, 6) is -2.59. The molecule has 7 atom stereocenters. The van der Waals surface area contributed by atoms with Gasteiger partial charge in [0, 0.05) is 23.8 Å². The predicted molar refractivity (Wildman–Crippen MR) is 91.2 cm³/mol. The maximum atomic E-state index is 13.1. The molecule has 0 aromatic rings. The molecule has 1 spiro atoms. The molecule has 3 saturated carbocycles. The Kier molecular flexibility index (Phi) is 3.77. The summed E-state index contributed by atoms with van der Waals surface area (Å²) in [6.45, 7) is 7.89. The van der Waals surface area contributed by atoms with Crippen LogP contribution in [0.5, 0.6) is 0 Å². The van der Waals surface area contributed by atoms with Gasteiger partial charge in [0.25, 0.3) is 0 Å².